The van der Waals surface area contributed by atoms with Gasteiger partial charge in [0.25, 0.3) is 0 Å². The molecule has 5 nitrogen and oxygen atoms in total. The lowest BCUT2D eigenvalue weighted by Gasteiger charge is -2.60. The highest BCUT2D eigenvalue weighted by atomic mass is 16.1. The molecule has 0 saturated heterocycles. The molecule has 0 bridgehead atoms. The fourth-order valence-electron chi connectivity index (χ4n) is 7.60. The first-order valence-electron chi connectivity index (χ1n) is 10.4. The summed E-state index contributed by atoms with van der Waals surface area (Å²) in [6.07, 6.45) is 11.2. The topological polar surface area (TPSA) is 64.8 Å². The first kappa shape index (κ1) is 16.6. The average Bonchev–Trinajstić information content (AvgIpc) is 3.24. The molecule has 5 rings (SSSR count). The zero-order chi connectivity index (χ0) is 18.1. The number of fused-ring (bicyclic) bond motifs is 5. The molecule has 1 aromatic rings. The maximum Gasteiger partial charge on any atom is 0.157 e. The lowest BCUT2D eigenvalue weighted by atomic mass is 9.44. The van der Waals surface area contributed by atoms with Gasteiger partial charge < -0.3 is 0 Å². The summed E-state index contributed by atoms with van der Waals surface area (Å²) in [5.74, 6) is 3.05. The summed E-state index contributed by atoms with van der Waals surface area (Å²) >= 11 is 0. The monoisotopic (exact) mass is 355 g/mol. The summed E-state index contributed by atoms with van der Waals surface area (Å²) < 4.78 is 1.82. The van der Waals surface area contributed by atoms with Gasteiger partial charge in [-0.1, -0.05) is 13.8 Å². The predicted molar refractivity (Wildman–Crippen MR) is 96.2 cm³/mol. The summed E-state index contributed by atoms with van der Waals surface area (Å²) in [5.41, 5.74) is 0.112. The molecule has 26 heavy (non-hydrogen) atoms. The first-order valence-corrected chi connectivity index (χ1v) is 10.4. The van der Waals surface area contributed by atoms with Gasteiger partial charge in [0.2, 0.25) is 0 Å². The van der Waals surface area contributed by atoms with Crippen molar-refractivity contribution in [3.8, 4) is 0 Å². The molecule has 0 amide bonds. The van der Waals surface area contributed by atoms with E-state index in [4.69, 9.17) is 0 Å². The van der Waals surface area contributed by atoms with Gasteiger partial charge in [0.15, 0.2) is 5.78 Å². The molecule has 1 aromatic heterocycles. The van der Waals surface area contributed by atoms with E-state index in [2.05, 4.69) is 23.9 Å². The van der Waals surface area contributed by atoms with E-state index in [9.17, 15) is 9.59 Å². The van der Waals surface area contributed by atoms with Crippen molar-refractivity contribution in [2.45, 2.75) is 71.3 Å². The fourth-order valence-corrected chi connectivity index (χ4v) is 7.60. The van der Waals surface area contributed by atoms with Crippen LogP contribution in [0.3, 0.4) is 0 Å². The van der Waals surface area contributed by atoms with Crippen LogP contribution in [0, 0.1) is 34.5 Å². The second kappa shape index (κ2) is 5.49. The van der Waals surface area contributed by atoms with Crippen LogP contribution in [0.15, 0.2) is 12.7 Å². The maximum atomic E-state index is 12.8. The third-order valence-corrected chi connectivity index (χ3v) is 8.99. The number of nitrogens with zero attached hydrogens (tertiary/aromatic N) is 3. The zero-order valence-electron chi connectivity index (χ0n) is 15.9. The SMILES string of the molecule is C[C@]12CCC(=O)[C@@H](n3cncn3)[C@@H]1CC[C@@H]1[C@@H]2CC[C@]2(C)C(=O)CC[C@@H]12. The highest BCUT2D eigenvalue weighted by Gasteiger charge is 2.62. The number of Topliss-reactive ketones (excluding diaryl/α,β-unsaturated/α-hetero) is 2. The maximum absolute atomic E-state index is 12.8. The second-order valence-electron chi connectivity index (χ2n) is 9.77. The molecule has 1 heterocycles. The van der Waals surface area contributed by atoms with Gasteiger partial charge >= 0.3 is 0 Å². The van der Waals surface area contributed by atoms with E-state index in [0.29, 0.717) is 41.7 Å². The Morgan fingerprint density at radius 1 is 1.00 bits per heavy atom. The molecule has 7 atom stereocenters. The molecule has 4 saturated carbocycles. The molecule has 4 aliphatic carbocycles. The van der Waals surface area contributed by atoms with Crippen LogP contribution in [0.4, 0.5) is 0 Å². The van der Waals surface area contributed by atoms with Gasteiger partial charge in [-0.3, -0.25) is 9.59 Å². The van der Waals surface area contributed by atoms with Crippen molar-refractivity contribution in [1.82, 2.24) is 14.8 Å². The Morgan fingerprint density at radius 2 is 1.85 bits per heavy atom. The van der Waals surface area contributed by atoms with Crippen molar-refractivity contribution in [3.05, 3.63) is 12.7 Å². The fraction of sp³-hybridized carbons (Fsp3) is 0.810. The summed E-state index contributed by atoms with van der Waals surface area (Å²) in [6, 6.07) is -0.143. The van der Waals surface area contributed by atoms with E-state index >= 15 is 0 Å². The Bertz CT molecular complexity index is 744. The van der Waals surface area contributed by atoms with Gasteiger partial charge in [-0.15, -0.1) is 0 Å². The van der Waals surface area contributed by atoms with E-state index < -0.39 is 0 Å². The third-order valence-electron chi connectivity index (χ3n) is 8.99. The van der Waals surface area contributed by atoms with Gasteiger partial charge in [0.05, 0.1) is 0 Å². The number of ketones is 2. The van der Waals surface area contributed by atoms with Gasteiger partial charge in [0, 0.05) is 18.3 Å². The predicted octanol–water partition coefficient (Wildman–Crippen LogP) is 3.61. The number of hydrogen-bond acceptors (Lipinski definition) is 4. The Balaban J connectivity index is 1.50. The minimum Gasteiger partial charge on any atom is -0.299 e. The Labute approximate surface area is 154 Å². The molecular weight excluding hydrogens is 326 g/mol. The highest BCUT2D eigenvalue weighted by molar-refractivity contribution is 5.87. The minimum atomic E-state index is -0.143. The van der Waals surface area contributed by atoms with Crippen LogP contribution >= 0.6 is 0 Å². The van der Waals surface area contributed by atoms with Crippen LogP contribution in [0.1, 0.15) is 71.3 Å². The summed E-state index contributed by atoms with van der Waals surface area (Å²) in [4.78, 5) is 29.4. The van der Waals surface area contributed by atoms with E-state index in [1.54, 1.807) is 12.7 Å². The smallest absolute Gasteiger partial charge is 0.157 e. The van der Waals surface area contributed by atoms with Crippen LogP contribution in [0.2, 0.25) is 0 Å². The van der Waals surface area contributed by atoms with Crippen LogP contribution in [0.25, 0.3) is 0 Å². The zero-order valence-corrected chi connectivity index (χ0v) is 15.9. The minimum absolute atomic E-state index is 0.0693. The highest BCUT2D eigenvalue weighted by Crippen LogP contribution is 2.66. The molecular formula is C21H29N3O2. The van der Waals surface area contributed by atoms with Gasteiger partial charge in [0.1, 0.15) is 24.5 Å². The standard InChI is InChI=1S/C21H29N3O2/c1-20-10-8-17(25)19(24-12-22-11-23-24)16(20)4-3-13-14-5-6-18(26)21(14,2)9-7-15(13)20/h11-16,19H,3-10H2,1-2H3/t13-,14-,15-,16-,19-,20+,21-/m0/s1. The number of rotatable bonds is 1. The lowest BCUT2D eigenvalue weighted by molar-refractivity contribution is -0.152. The molecule has 0 spiro atoms. The number of carbonyl (C=O) groups is 2. The Morgan fingerprint density at radius 3 is 2.62 bits per heavy atom. The molecule has 0 N–H and O–H groups in total. The summed E-state index contributed by atoms with van der Waals surface area (Å²) in [7, 11) is 0. The molecule has 5 heteroatoms. The molecule has 4 fully saturated rings. The van der Waals surface area contributed by atoms with E-state index in [1.807, 2.05) is 4.68 Å². The summed E-state index contributed by atoms with van der Waals surface area (Å²) in [5, 5.41) is 4.33. The number of hydrogen-bond donors (Lipinski definition) is 0. The third kappa shape index (κ3) is 2.03. The largest absolute Gasteiger partial charge is 0.299 e. The number of carbonyl (C=O) groups excluding carboxylic acids is 2. The molecule has 0 unspecified atom stereocenters. The first-order chi connectivity index (χ1) is 12.4. The van der Waals surface area contributed by atoms with Crippen molar-refractivity contribution >= 4 is 11.6 Å². The van der Waals surface area contributed by atoms with Crippen molar-refractivity contribution < 1.29 is 9.59 Å². The van der Waals surface area contributed by atoms with Crippen molar-refractivity contribution in [1.29, 1.82) is 0 Å². The van der Waals surface area contributed by atoms with Crippen molar-refractivity contribution in [3.63, 3.8) is 0 Å². The molecule has 0 aliphatic heterocycles. The Kier molecular flexibility index (Phi) is 3.51. The Hall–Kier alpha value is -1.52. The normalized spacial score (nSPS) is 48.0. The van der Waals surface area contributed by atoms with Crippen LogP contribution < -0.4 is 0 Å². The van der Waals surface area contributed by atoms with Crippen LogP contribution in [0.5, 0.6) is 0 Å². The lowest BCUT2D eigenvalue weighted by Crippen LogP contribution is -2.56. The van der Waals surface area contributed by atoms with Crippen molar-refractivity contribution in [2.75, 3.05) is 0 Å². The number of aromatic nitrogens is 3. The molecule has 0 radical (unpaired) electrons. The van der Waals surface area contributed by atoms with Gasteiger partial charge in [-0.2, -0.15) is 5.10 Å². The van der Waals surface area contributed by atoms with Crippen LogP contribution in [-0.4, -0.2) is 26.3 Å². The molecule has 140 valence electrons. The van der Waals surface area contributed by atoms with Crippen LogP contribution in [-0.2, 0) is 9.59 Å². The van der Waals surface area contributed by atoms with E-state index in [0.717, 1.165) is 44.9 Å². The summed E-state index contributed by atoms with van der Waals surface area (Å²) in [6.45, 7) is 4.67. The molecule has 4 aliphatic rings. The average molecular weight is 355 g/mol. The van der Waals surface area contributed by atoms with Gasteiger partial charge in [-0.25, -0.2) is 9.67 Å². The second-order valence-corrected chi connectivity index (χ2v) is 9.77. The van der Waals surface area contributed by atoms with Crippen molar-refractivity contribution in [2.24, 2.45) is 34.5 Å². The van der Waals surface area contributed by atoms with Gasteiger partial charge in [-0.05, 0) is 67.6 Å². The van der Waals surface area contributed by atoms with E-state index in [-0.39, 0.29) is 16.9 Å². The van der Waals surface area contributed by atoms with E-state index in [1.165, 1.54) is 0 Å². The molecule has 0 aromatic carbocycles. The quantitative estimate of drug-likeness (QED) is 0.772.